The number of guanidine groups is 1. The van der Waals surface area contributed by atoms with Gasteiger partial charge in [-0.1, -0.05) is 6.07 Å². The van der Waals surface area contributed by atoms with E-state index in [0.29, 0.717) is 22.1 Å². The van der Waals surface area contributed by atoms with E-state index in [1.54, 1.807) is 11.4 Å². The second-order valence-corrected chi connectivity index (χ2v) is 5.79. The van der Waals surface area contributed by atoms with Crippen molar-refractivity contribution in [2.24, 2.45) is 16.5 Å². The molecule has 2 rings (SSSR count). The molecule has 5 N–H and O–H groups in total. The summed E-state index contributed by atoms with van der Waals surface area (Å²) in [5.74, 6) is -0.981. The molecule has 1 amide bonds. The predicted octanol–water partition coefficient (Wildman–Crippen LogP) is 0.159. The van der Waals surface area contributed by atoms with Crippen LogP contribution in [0, 0.1) is 0 Å². The van der Waals surface area contributed by atoms with Crippen molar-refractivity contribution >= 4 is 34.3 Å². The molecule has 0 fully saturated rings. The van der Waals surface area contributed by atoms with Gasteiger partial charge in [0, 0.05) is 19.0 Å². The van der Waals surface area contributed by atoms with E-state index in [2.05, 4.69) is 20.3 Å². The lowest BCUT2D eigenvalue weighted by molar-refractivity contribution is -0.124. The van der Waals surface area contributed by atoms with Gasteiger partial charge >= 0.3 is 5.97 Å². The van der Waals surface area contributed by atoms with Crippen LogP contribution in [0.15, 0.2) is 22.5 Å². The first-order valence-corrected chi connectivity index (χ1v) is 8.22. The molecule has 0 spiro atoms. The Morgan fingerprint density at radius 3 is 2.69 bits per heavy atom. The highest BCUT2D eigenvalue weighted by atomic mass is 32.1. The van der Waals surface area contributed by atoms with Crippen LogP contribution >= 0.6 is 11.3 Å². The van der Waals surface area contributed by atoms with Gasteiger partial charge in [-0.3, -0.25) is 4.79 Å². The first-order chi connectivity index (χ1) is 12.4. The van der Waals surface area contributed by atoms with Gasteiger partial charge in [-0.05, 0) is 11.6 Å². The van der Waals surface area contributed by atoms with E-state index < -0.39 is 5.97 Å². The zero-order valence-electron chi connectivity index (χ0n) is 14.2. The SMILES string of the molecule is COCC(=O)NCc1ccc(C(=O)OC)nc1-c1csc(N=C(N)N)n1. The minimum absolute atomic E-state index is 0.0612. The normalized spacial score (nSPS) is 10.2. The van der Waals surface area contributed by atoms with Crippen LogP contribution in [0.4, 0.5) is 5.13 Å². The number of aromatic nitrogens is 2. The van der Waals surface area contributed by atoms with Crippen LogP contribution in [0.1, 0.15) is 16.1 Å². The van der Waals surface area contributed by atoms with E-state index in [0.717, 1.165) is 0 Å². The number of aliphatic imine (C=N–C) groups is 1. The average molecular weight is 378 g/mol. The fraction of sp³-hybridized carbons (Fsp3) is 0.267. The van der Waals surface area contributed by atoms with Gasteiger partial charge < -0.3 is 26.3 Å². The number of nitrogens with one attached hydrogen (secondary N) is 1. The van der Waals surface area contributed by atoms with Crippen molar-refractivity contribution in [3.05, 3.63) is 28.8 Å². The van der Waals surface area contributed by atoms with Crippen LogP contribution in [0.2, 0.25) is 0 Å². The number of ether oxygens (including phenoxy) is 2. The summed E-state index contributed by atoms with van der Waals surface area (Å²) in [6.45, 7) is 0.121. The summed E-state index contributed by atoms with van der Waals surface area (Å²) in [5, 5.41) is 4.75. The number of hydrogen-bond acceptors (Lipinski definition) is 8. The van der Waals surface area contributed by atoms with Crippen molar-refractivity contribution < 1.29 is 19.1 Å². The standard InChI is InChI=1S/C15H18N6O4S/c1-24-6-11(22)18-5-8-3-4-9(13(23)25-2)19-12(8)10-7-26-15(20-10)21-14(16)17/h3-4,7H,5-6H2,1-2H3,(H,18,22)(H4,16,17,20,21). The van der Waals surface area contributed by atoms with Crippen LogP contribution in [0.3, 0.4) is 0 Å². The third-order valence-electron chi connectivity index (χ3n) is 3.08. The minimum Gasteiger partial charge on any atom is -0.464 e. The zero-order chi connectivity index (χ0) is 19.1. The Morgan fingerprint density at radius 2 is 2.04 bits per heavy atom. The maximum atomic E-state index is 11.8. The number of rotatable bonds is 7. The molecule has 26 heavy (non-hydrogen) atoms. The molecule has 0 atom stereocenters. The van der Waals surface area contributed by atoms with Gasteiger partial charge in [-0.25, -0.2) is 14.8 Å². The Balaban J connectivity index is 2.38. The molecule has 0 aliphatic carbocycles. The summed E-state index contributed by atoms with van der Waals surface area (Å²) in [5.41, 5.74) is 12.4. The lowest BCUT2D eigenvalue weighted by Gasteiger charge is -2.10. The van der Waals surface area contributed by atoms with Crippen LogP contribution < -0.4 is 16.8 Å². The second-order valence-electron chi connectivity index (χ2n) is 4.96. The summed E-state index contributed by atoms with van der Waals surface area (Å²) in [7, 11) is 2.69. The Labute approximate surface area is 153 Å². The summed E-state index contributed by atoms with van der Waals surface area (Å²) in [6, 6.07) is 3.18. The molecule has 0 saturated heterocycles. The molecule has 2 aromatic heterocycles. The molecule has 2 aromatic rings. The highest BCUT2D eigenvalue weighted by molar-refractivity contribution is 7.13. The maximum absolute atomic E-state index is 11.8. The number of amides is 1. The number of esters is 1. The molecule has 0 radical (unpaired) electrons. The van der Waals surface area contributed by atoms with Crippen LogP contribution in [0.25, 0.3) is 11.4 Å². The summed E-state index contributed by atoms with van der Waals surface area (Å²) in [6.07, 6.45) is 0. The zero-order valence-corrected chi connectivity index (χ0v) is 15.0. The summed E-state index contributed by atoms with van der Waals surface area (Å²) >= 11 is 1.21. The number of nitrogens with zero attached hydrogens (tertiary/aromatic N) is 3. The van der Waals surface area contributed by atoms with Gasteiger partial charge in [0.05, 0.1) is 12.8 Å². The number of methoxy groups -OCH3 is 2. The van der Waals surface area contributed by atoms with E-state index >= 15 is 0 Å². The monoisotopic (exact) mass is 378 g/mol. The highest BCUT2D eigenvalue weighted by Crippen LogP contribution is 2.28. The fourth-order valence-electron chi connectivity index (χ4n) is 1.98. The number of pyridine rings is 1. The van der Waals surface area contributed by atoms with E-state index in [1.807, 2.05) is 0 Å². The lowest BCUT2D eigenvalue weighted by atomic mass is 10.1. The smallest absolute Gasteiger partial charge is 0.356 e. The Kier molecular flexibility index (Phi) is 6.58. The van der Waals surface area contributed by atoms with Gasteiger partial charge in [0.2, 0.25) is 11.0 Å². The van der Waals surface area contributed by atoms with Crippen molar-refractivity contribution in [1.29, 1.82) is 0 Å². The second kappa shape index (κ2) is 8.87. The first kappa shape index (κ1) is 19.3. The third kappa shape index (κ3) is 4.97. The van der Waals surface area contributed by atoms with Crippen molar-refractivity contribution in [2.75, 3.05) is 20.8 Å². The fourth-order valence-corrected chi connectivity index (χ4v) is 2.67. The molecule has 138 valence electrons. The maximum Gasteiger partial charge on any atom is 0.356 e. The number of carbonyl (C=O) groups is 2. The topological polar surface area (TPSA) is 155 Å². The van der Waals surface area contributed by atoms with Crippen molar-refractivity contribution in [3.63, 3.8) is 0 Å². The van der Waals surface area contributed by atoms with Gasteiger partial charge in [0.25, 0.3) is 0 Å². The van der Waals surface area contributed by atoms with Crippen LogP contribution in [-0.4, -0.2) is 48.6 Å². The quantitative estimate of drug-likeness (QED) is 0.349. The molecule has 0 bridgehead atoms. The summed E-state index contributed by atoms with van der Waals surface area (Å²) < 4.78 is 9.47. The molecule has 0 aliphatic rings. The molecule has 0 aliphatic heterocycles. The van der Waals surface area contributed by atoms with Crippen molar-refractivity contribution in [1.82, 2.24) is 15.3 Å². The minimum atomic E-state index is -0.583. The predicted molar refractivity (Wildman–Crippen MR) is 95.9 cm³/mol. The Morgan fingerprint density at radius 1 is 1.27 bits per heavy atom. The Bertz CT molecular complexity index is 831. The van der Waals surface area contributed by atoms with Crippen molar-refractivity contribution in [2.45, 2.75) is 6.54 Å². The molecular weight excluding hydrogens is 360 g/mol. The molecule has 0 saturated carbocycles. The largest absolute Gasteiger partial charge is 0.464 e. The molecule has 0 aromatic carbocycles. The van der Waals surface area contributed by atoms with E-state index in [4.69, 9.17) is 20.9 Å². The number of nitrogens with two attached hydrogens (primary N) is 2. The average Bonchev–Trinajstić information content (AvgIpc) is 3.07. The van der Waals surface area contributed by atoms with Gasteiger partial charge in [-0.15, -0.1) is 11.3 Å². The van der Waals surface area contributed by atoms with E-state index in [1.165, 1.54) is 31.6 Å². The molecule has 11 heteroatoms. The van der Waals surface area contributed by atoms with Crippen LogP contribution in [0.5, 0.6) is 0 Å². The number of thiazole rings is 1. The van der Waals surface area contributed by atoms with Crippen molar-refractivity contribution in [3.8, 4) is 11.4 Å². The van der Waals surface area contributed by atoms with E-state index in [9.17, 15) is 9.59 Å². The summed E-state index contributed by atoms with van der Waals surface area (Å²) in [4.78, 5) is 35.9. The first-order valence-electron chi connectivity index (χ1n) is 7.34. The van der Waals surface area contributed by atoms with Crippen LogP contribution in [-0.2, 0) is 20.8 Å². The molecule has 10 nitrogen and oxygen atoms in total. The molecule has 0 unspecified atom stereocenters. The molecule has 2 heterocycles. The lowest BCUT2D eigenvalue weighted by Crippen LogP contribution is -2.27. The van der Waals surface area contributed by atoms with Gasteiger partial charge in [0.1, 0.15) is 18.0 Å². The van der Waals surface area contributed by atoms with Gasteiger partial charge in [-0.2, -0.15) is 4.99 Å². The van der Waals surface area contributed by atoms with E-state index in [-0.39, 0.29) is 30.7 Å². The third-order valence-corrected chi connectivity index (χ3v) is 3.82. The highest BCUT2D eigenvalue weighted by Gasteiger charge is 2.16. The Hall–Kier alpha value is -3.05. The van der Waals surface area contributed by atoms with Gasteiger partial charge in [0.15, 0.2) is 5.96 Å². The molecular formula is C15H18N6O4S. The number of carbonyl (C=O) groups excluding carboxylic acids is 2. The number of hydrogen-bond donors (Lipinski definition) is 3.